The van der Waals surface area contributed by atoms with Crippen molar-refractivity contribution in [1.82, 2.24) is 0 Å². The Bertz CT molecular complexity index is 760. The molecule has 0 aliphatic carbocycles. The molecule has 0 saturated heterocycles. The van der Waals surface area contributed by atoms with Crippen molar-refractivity contribution in [3.63, 3.8) is 0 Å². The van der Waals surface area contributed by atoms with Gasteiger partial charge in [-0.05, 0) is 30.3 Å². The predicted molar refractivity (Wildman–Crippen MR) is 84.6 cm³/mol. The average molecular weight is 327 g/mol. The Morgan fingerprint density at radius 2 is 1.85 bits per heavy atom. The molecular weight excluding hydrogens is 316 g/mol. The maximum absolute atomic E-state index is 12.2. The van der Waals surface area contributed by atoms with Gasteiger partial charge in [-0.15, -0.1) is 0 Å². The van der Waals surface area contributed by atoms with E-state index in [0.29, 0.717) is 16.3 Å². The molecule has 0 bridgehead atoms. The van der Waals surface area contributed by atoms with E-state index >= 15 is 0 Å². The van der Waals surface area contributed by atoms with E-state index in [-0.39, 0.29) is 9.88 Å². The summed E-state index contributed by atoms with van der Waals surface area (Å²) in [5, 5.41) is 0.352. The molecule has 2 aromatic carbocycles. The second-order valence-electron chi connectivity index (χ2n) is 4.01. The summed E-state index contributed by atoms with van der Waals surface area (Å²) in [6.45, 7) is 0. The fraction of sp³-hybridized carbons (Fsp3) is 0. The smallest absolute Gasteiger partial charge is 0.261 e. The van der Waals surface area contributed by atoms with Gasteiger partial charge < -0.3 is 5.73 Å². The summed E-state index contributed by atoms with van der Waals surface area (Å²) in [6, 6.07) is 12.6. The number of hydrogen-bond donors (Lipinski definition) is 2. The van der Waals surface area contributed by atoms with Crippen LogP contribution in [0.2, 0.25) is 5.02 Å². The molecule has 0 aliphatic heterocycles. The molecule has 104 valence electrons. The molecule has 20 heavy (non-hydrogen) atoms. The molecule has 0 amide bonds. The largest absolute Gasteiger partial charge is 0.389 e. The molecule has 0 spiro atoms. The maximum atomic E-state index is 12.2. The number of nitrogens with two attached hydrogens (primary N) is 1. The lowest BCUT2D eigenvalue weighted by molar-refractivity contribution is 0.601. The Morgan fingerprint density at radius 1 is 1.15 bits per heavy atom. The molecule has 0 saturated carbocycles. The summed E-state index contributed by atoms with van der Waals surface area (Å²) in [7, 11) is -3.70. The SMILES string of the molecule is NC(=S)c1cccc(NS(=O)(=O)c2cccc(Cl)c2)c1. The molecule has 0 heterocycles. The van der Waals surface area contributed by atoms with Gasteiger partial charge in [-0.25, -0.2) is 8.42 Å². The first kappa shape index (κ1) is 14.8. The zero-order valence-electron chi connectivity index (χ0n) is 10.2. The molecule has 2 aromatic rings. The summed E-state index contributed by atoms with van der Waals surface area (Å²) in [6.07, 6.45) is 0. The summed E-state index contributed by atoms with van der Waals surface area (Å²) in [5.74, 6) is 0. The summed E-state index contributed by atoms with van der Waals surface area (Å²) < 4.78 is 26.9. The Morgan fingerprint density at radius 3 is 2.50 bits per heavy atom. The highest BCUT2D eigenvalue weighted by Gasteiger charge is 2.14. The van der Waals surface area contributed by atoms with Crippen molar-refractivity contribution < 1.29 is 8.42 Å². The Labute approximate surface area is 127 Å². The molecule has 7 heteroatoms. The fourth-order valence-electron chi connectivity index (χ4n) is 1.58. The van der Waals surface area contributed by atoms with Crippen LogP contribution in [0.4, 0.5) is 5.69 Å². The molecule has 0 radical (unpaired) electrons. The minimum atomic E-state index is -3.70. The number of benzene rings is 2. The standard InChI is InChI=1S/C13H11ClN2O2S2/c14-10-4-2-6-12(8-10)20(17,18)16-11-5-1-3-9(7-11)13(15)19/h1-8,16H,(H2,15,19). The van der Waals surface area contributed by atoms with E-state index in [4.69, 9.17) is 29.6 Å². The summed E-state index contributed by atoms with van der Waals surface area (Å²) in [4.78, 5) is 0.291. The fourth-order valence-corrected chi connectivity index (χ4v) is 3.06. The highest BCUT2D eigenvalue weighted by Crippen LogP contribution is 2.19. The third kappa shape index (κ3) is 3.47. The van der Waals surface area contributed by atoms with E-state index < -0.39 is 10.0 Å². The Kier molecular flexibility index (Phi) is 4.27. The highest BCUT2D eigenvalue weighted by molar-refractivity contribution is 7.92. The van der Waals surface area contributed by atoms with Gasteiger partial charge in [0.05, 0.1) is 4.90 Å². The van der Waals surface area contributed by atoms with E-state index in [2.05, 4.69) is 4.72 Å². The third-order valence-corrected chi connectivity index (χ3v) is 4.36. The summed E-state index contributed by atoms with van der Waals surface area (Å²) in [5.41, 5.74) is 6.49. The first-order chi connectivity index (χ1) is 9.38. The van der Waals surface area contributed by atoms with Gasteiger partial charge in [0.1, 0.15) is 4.99 Å². The van der Waals surface area contributed by atoms with E-state index in [1.165, 1.54) is 12.1 Å². The topological polar surface area (TPSA) is 72.2 Å². The van der Waals surface area contributed by atoms with Crippen LogP contribution < -0.4 is 10.5 Å². The monoisotopic (exact) mass is 326 g/mol. The van der Waals surface area contributed by atoms with Crippen LogP contribution in [0.25, 0.3) is 0 Å². The van der Waals surface area contributed by atoms with E-state index in [0.717, 1.165) is 0 Å². The van der Waals surface area contributed by atoms with Gasteiger partial charge in [0.25, 0.3) is 10.0 Å². The molecule has 0 atom stereocenters. The van der Waals surface area contributed by atoms with Crippen molar-refractivity contribution in [2.75, 3.05) is 4.72 Å². The maximum Gasteiger partial charge on any atom is 0.261 e. The second-order valence-corrected chi connectivity index (χ2v) is 6.57. The lowest BCUT2D eigenvalue weighted by Crippen LogP contribution is -2.14. The molecule has 4 nitrogen and oxygen atoms in total. The second kappa shape index (κ2) is 5.78. The number of sulfonamides is 1. The zero-order chi connectivity index (χ0) is 14.8. The molecule has 0 fully saturated rings. The van der Waals surface area contributed by atoms with Crippen LogP contribution in [0.15, 0.2) is 53.4 Å². The predicted octanol–water partition coefficient (Wildman–Crippen LogP) is 2.78. The Hall–Kier alpha value is -1.63. The van der Waals surface area contributed by atoms with Gasteiger partial charge in [0.15, 0.2) is 0 Å². The van der Waals surface area contributed by atoms with Gasteiger partial charge in [-0.1, -0.05) is 42.0 Å². The number of anilines is 1. The molecule has 2 rings (SSSR count). The lowest BCUT2D eigenvalue weighted by Gasteiger charge is -2.09. The molecular formula is C13H11ClN2O2S2. The van der Waals surface area contributed by atoms with E-state index in [1.807, 2.05) is 0 Å². The molecule has 3 N–H and O–H groups in total. The first-order valence-corrected chi connectivity index (χ1v) is 7.84. The van der Waals surface area contributed by atoms with E-state index in [9.17, 15) is 8.42 Å². The van der Waals surface area contributed by atoms with Crippen LogP contribution in [-0.4, -0.2) is 13.4 Å². The third-order valence-electron chi connectivity index (χ3n) is 2.51. The number of halogens is 1. The van der Waals surface area contributed by atoms with Crippen LogP contribution in [-0.2, 0) is 10.0 Å². The summed E-state index contributed by atoms with van der Waals surface area (Å²) >= 11 is 10.7. The molecule has 0 aliphatic rings. The highest BCUT2D eigenvalue weighted by atomic mass is 35.5. The van der Waals surface area contributed by atoms with Gasteiger partial charge >= 0.3 is 0 Å². The number of rotatable bonds is 4. The number of thiocarbonyl (C=S) groups is 1. The van der Waals surface area contributed by atoms with Crippen molar-refractivity contribution in [2.45, 2.75) is 4.90 Å². The quantitative estimate of drug-likeness (QED) is 0.847. The van der Waals surface area contributed by atoms with Crippen molar-refractivity contribution >= 4 is 44.5 Å². The minimum absolute atomic E-state index is 0.0886. The Balaban J connectivity index is 2.33. The number of nitrogens with one attached hydrogen (secondary N) is 1. The van der Waals surface area contributed by atoms with Gasteiger partial charge in [0.2, 0.25) is 0 Å². The number of hydrogen-bond acceptors (Lipinski definition) is 3. The first-order valence-electron chi connectivity index (χ1n) is 5.57. The van der Waals surface area contributed by atoms with Gasteiger partial charge in [-0.3, -0.25) is 4.72 Å². The van der Waals surface area contributed by atoms with Crippen molar-refractivity contribution in [3.8, 4) is 0 Å². The van der Waals surface area contributed by atoms with Crippen LogP contribution in [0, 0.1) is 0 Å². The van der Waals surface area contributed by atoms with E-state index in [1.54, 1.807) is 36.4 Å². The molecule has 0 aromatic heterocycles. The zero-order valence-corrected chi connectivity index (χ0v) is 12.6. The van der Waals surface area contributed by atoms with Gasteiger partial charge in [-0.2, -0.15) is 0 Å². The van der Waals surface area contributed by atoms with Crippen molar-refractivity contribution in [3.05, 3.63) is 59.1 Å². The molecule has 0 unspecified atom stereocenters. The van der Waals surface area contributed by atoms with Crippen LogP contribution in [0.5, 0.6) is 0 Å². The van der Waals surface area contributed by atoms with Crippen LogP contribution >= 0.6 is 23.8 Å². The van der Waals surface area contributed by atoms with Crippen LogP contribution in [0.3, 0.4) is 0 Å². The lowest BCUT2D eigenvalue weighted by atomic mass is 10.2. The minimum Gasteiger partial charge on any atom is -0.389 e. The normalized spacial score (nSPS) is 11.1. The van der Waals surface area contributed by atoms with Crippen LogP contribution in [0.1, 0.15) is 5.56 Å². The van der Waals surface area contributed by atoms with Gasteiger partial charge in [0, 0.05) is 16.3 Å². The van der Waals surface area contributed by atoms with Crippen molar-refractivity contribution in [1.29, 1.82) is 0 Å². The van der Waals surface area contributed by atoms with Crippen molar-refractivity contribution in [2.24, 2.45) is 5.73 Å². The average Bonchev–Trinajstić information content (AvgIpc) is 2.38.